The van der Waals surface area contributed by atoms with Gasteiger partial charge in [-0.05, 0) is 160 Å². The van der Waals surface area contributed by atoms with Gasteiger partial charge in [0.2, 0.25) is 15.9 Å². The van der Waals surface area contributed by atoms with Crippen LogP contribution in [0.3, 0.4) is 0 Å². The number of benzene rings is 5. The number of H-pyrrole nitrogens is 5. The fourth-order valence-electron chi connectivity index (χ4n) is 15.9. The number of urea groups is 2. The summed E-state index contributed by atoms with van der Waals surface area (Å²) in [6, 6.07) is 35.4. The van der Waals surface area contributed by atoms with E-state index in [1.54, 1.807) is 34.9 Å². The number of aromatic nitrogens is 5. The van der Waals surface area contributed by atoms with E-state index in [-0.39, 0.29) is 24.5 Å². The Hall–Kier alpha value is -9.62. The number of amides is 5. The molecule has 16 rings (SSSR count). The fraction of sp³-hybridized carbons (Fsp3) is 0.415. The van der Waals surface area contributed by atoms with Gasteiger partial charge in [0, 0.05) is 209 Å². The van der Waals surface area contributed by atoms with Gasteiger partial charge in [0.15, 0.2) is 0 Å². The maximum Gasteiger partial charge on any atom is 0.319 e. The van der Waals surface area contributed by atoms with Crippen LogP contribution >= 0.6 is 0 Å². The molecular formula is C82H100F2N14O8S2. The van der Waals surface area contributed by atoms with Crippen molar-refractivity contribution in [3.05, 3.63) is 191 Å². The predicted octanol–water partition coefficient (Wildman–Crippen LogP) is 14.4. The summed E-state index contributed by atoms with van der Waals surface area (Å²) < 4.78 is 85.0. The molecule has 0 unspecified atom stereocenters. The predicted molar refractivity (Wildman–Crippen MR) is 424 cm³/mol. The largest absolute Gasteiger partial charge is 0.383 e. The van der Waals surface area contributed by atoms with Crippen molar-refractivity contribution in [1.82, 2.24) is 62.8 Å². The second-order valence-electron chi connectivity index (χ2n) is 28.5. The van der Waals surface area contributed by atoms with Crippen LogP contribution < -0.4 is 5.32 Å². The van der Waals surface area contributed by atoms with E-state index in [0.717, 1.165) is 132 Å². The third kappa shape index (κ3) is 18.2. The molecule has 6 aliphatic heterocycles. The topological polar surface area (TPSA) is 266 Å². The molecule has 4 fully saturated rings. The van der Waals surface area contributed by atoms with Crippen LogP contribution in [0.15, 0.2) is 146 Å². The van der Waals surface area contributed by atoms with Gasteiger partial charge in [-0.1, -0.05) is 72.8 Å². The molecule has 0 bridgehead atoms. The summed E-state index contributed by atoms with van der Waals surface area (Å²) in [6.07, 6.45) is 24.3. The Balaban J connectivity index is 0.000000126. The minimum Gasteiger partial charge on any atom is -0.383 e. The van der Waals surface area contributed by atoms with E-state index in [0.29, 0.717) is 98.6 Å². The SMILES string of the molecule is CC(=O)N1CC=C(c2c[nH]c3cc(C#N)ccc23)CC1.CCN(CC)C(=O)N1CCC(c2c[nH]c3ccccc23)CC1.COCCNC(=O)N1CCC(c2c[nH]c3ccccc23)CC1.CS(=O)(=O)N1CC=C(c2c[nH]c3cc(F)cc(F)c23)CC1.O=S(=O)(N1CCCC1)N1CCC(c2c[nH]c3ccccc23)CC1. The number of nitriles is 1. The third-order valence-electron chi connectivity index (χ3n) is 22.0. The first-order valence-electron chi connectivity index (χ1n) is 37.8. The summed E-state index contributed by atoms with van der Waals surface area (Å²) in [5.41, 5.74) is 13.7. The van der Waals surface area contributed by atoms with Gasteiger partial charge in [-0.3, -0.25) is 4.79 Å². The fourth-order valence-corrected chi connectivity index (χ4v) is 18.4. The van der Waals surface area contributed by atoms with E-state index >= 15 is 0 Å². The zero-order chi connectivity index (χ0) is 76.1. The van der Waals surface area contributed by atoms with Crippen LogP contribution in [0.5, 0.6) is 0 Å². The number of methoxy groups -OCH3 is 1. The quantitative estimate of drug-likeness (QED) is 0.0599. The number of piperidine rings is 3. The van der Waals surface area contributed by atoms with Gasteiger partial charge in [0.25, 0.3) is 10.2 Å². The van der Waals surface area contributed by atoms with E-state index in [1.807, 2.05) is 63.9 Å². The van der Waals surface area contributed by atoms with E-state index in [1.165, 1.54) is 71.6 Å². The van der Waals surface area contributed by atoms with Gasteiger partial charge in [0.1, 0.15) is 11.6 Å². The van der Waals surface area contributed by atoms with Crippen LogP contribution in [0.4, 0.5) is 18.4 Å². The molecule has 6 aliphatic rings. The lowest BCUT2D eigenvalue weighted by Crippen LogP contribution is -2.46. The highest BCUT2D eigenvalue weighted by atomic mass is 32.2. The van der Waals surface area contributed by atoms with Crippen LogP contribution in [-0.2, 0) is 29.8 Å². The van der Waals surface area contributed by atoms with Gasteiger partial charge < -0.3 is 54.6 Å². The normalized spacial score (nSPS) is 17.4. The molecule has 26 heteroatoms. The molecule has 572 valence electrons. The lowest BCUT2D eigenvalue weighted by molar-refractivity contribution is -0.128. The van der Waals surface area contributed by atoms with Crippen LogP contribution in [-0.4, -0.2) is 210 Å². The zero-order valence-electron chi connectivity index (χ0n) is 62.4. The molecule has 0 spiro atoms. The average molecular weight is 1510 g/mol. The molecule has 5 aromatic heterocycles. The molecule has 0 saturated carbocycles. The maximum atomic E-state index is 14.0. The number of halogens is 2. The molecule has 108 heavy (non-hydrogen) atoms. The Labute approximate surface area is 631 Å². The molecule has 0 atom stereocenters. The number of rotatable bonds is 13. The summed E-state index contributed by atoms with van der Waals surface area (Å²) in [4.78, 5) is 59.6. The molecule has 0 radical (unpaired) electrons. The Kier molecular flexibility index (Phi) is 25.7. The van der Waals surface area contributed by atoms with Gasteiger partial charge in [-0.15, -0.1) is 0 Å². The second-order valence-corrected chi connectivity index (χ2v) is 32.4. The number of para-hydroxylation sites is 3. The van der Waals surface area contributed by atoms with E-state index in [4.69, 9.17) is 10.00 Å². The van der Waals surface area contributed by atoms with Crippen LogP contribution in [0.2, 0.25) is 0 Å². The highest BCUT2D eigenvalue weighted by Crippen LogP contribution is 2.38. The van der Waals surface area contributed by atoms with E-state index in [2.05, 4.69) is 128 Å². The molecule has 5 aromatic carbocycles. The highest BCUT2D eigenvalue weighted by Gasteiger charge is 2.36. The van der Waals surface area contributed by atoms with Crippen molar-refractivity contribution >= 4 is 104 Å². The number of aromatic amines is 5. The Morgan fingerprint density at radius 3 is 1.55 bits per heavy atom. The van der Waals surface area contributed by atoms with Gasteiger partial charge >= 0.3 is 12.1 Å². The Bertz CT molecular complexity index is 5120. The minimum absolute atomic E-state index is 0.0226. The van der Waals surface area contributed by atoms with Crippen molar-refractivity contribution < 1.29 is 44.7 Å². The number of carbonyl (C=O) groups excluding carboxylic acids is 3. The number of likely N-dealkylation sites (tertiary alicyclic amines) is 2. The van der Waals surface area contributed by atoms with Crippen molar-refractivity contribution in [1.29, 1.82) is 5.26 Å². The van der Waals surface area contributed by atoms with Crippen molar-refractivity contribution in [2.24, 2.45) is 0 Å². The number of ether oxygens (including phenoxy) is 1. The van der Waals surface area contributed by atoms with Crippen molar-refractivity contribution in [2.75, 3.05) is 118 Å². The van der Waals surface area contributed by atoms with Crippen molar-refractivity contribution in [2.45, 2.75) is 103 Å². The summed E-state index contributed by atoms with van der Waals surface area (Å²) in [5, 5.41) is 17.2. The Morgan fingerprint density at radius 1 is 0.556 bits per heavy atom. The number of nitrogens with zero attached hydrogens (tertiary/aromatic N) is 8. The van der Waals surface area contributed by atoms with Gasteiger partial charge in [0.05, 0.1) is 30.0 Å². The molecule has 22 nitrogen and oxygen atoms in total. The Morgan fingerprint density at radius 2 is 1.05 bits per heavy atom. The van der Waals surface area contributed by atoms with E-state index < -0.39 is 31.9 Å². The standard InChI is InChI=1S/C18H25N3O.C17H23N3O2S.C17H23N3O2.C16H15N3O.C14H14F2N2O2S/c1-3-20(4-2)18(22)21-11-9-14(10-12-21)16-13-19-17-8-6-5-7-15(16)17;21-23(22,19-9-3-4-10-19)20-11-7-14(8-12-20)16-13-18-17-6-2-1-5-15(16)17;1-22-11-8-18-17(21)20-9-6-13(7-10-20)15-12-19-16-5-3-2-4-14(15)16;1-11(20)19-6-4-13(5-7-19)15-10-18-16-8-12(9-17)2-3-14(15)16;1-21(19,20)18-4-2-9(3-5-18)11-8-17-13-7-10(15)6-12(16)14(11)13/h5-8,13-14,19H,3-4,9-12H2,1-2H3;1-2,5-6,13-14,18H,3-4,7-12H2;2-5,12-13,19H,6-11H2,1H3,(H,18,21);2-4,8,10,18H,5-7H2,1H3;2,6-8,17H,3-5H2,1H3. The van der Waals surface area contributed by atoms with Crippen LogP contribution in [0.1, 0.15) is 136 Å². The molecule has 11 heterocycles. The summed E-state index contributed by atoms with van der Waals surface area (Å²) in [5.74, 6) is 0.395. The number of hydrogen-bond donors (Lipinski definition) is 6. The first-order valence-corrected chi connectivity index (χ1v) is 41.0. The smallest absolute Gasteiger partial charge is 0.319 e. The number of fused-ring (bicyclic) bond motifs is 5. The molecule has 0 aliphatic carbocycles. The molecule has 6 N–H and O–H groups in total. The molecule has 10 aromatic rings. The number of sulfonamides is 1. The first-order chi connectivity index (χ1) is 52.2. The number of carbonyl (C=O) groups is 3. The van der Waals surface area contributed by atoms with Crippen LogP contribution in [0, 0.1) is 23.0 Å². The van der Waals surface area contributed by atoms with Gasteiger partial charge in [-0.2, -0.15) is 26.6 Å². The van der Waals surface area contributed by atoms with Crippen LogP contribution in [0.25, 0.3) is 65.7 Å². The minimum atomic E-state index is -3.24. The van der Waals surface area contributed by atoms with Crippen molar-refractivity contribution in [3.63, 3.8) is 0 Å². The molecule has 5 amide bonds. The average Bonchev–Trinajstić information content (AvgIpc) is 1.63. The summed E-state index contributed by atoms with van der Waals surface area (Å²) in [7, 11) is -4.82. The zero-order valence-corrected chi connectivity index (χ0v) is 64.0. The molecule has 4 saturated heterocycles. The maximum absolute atomic E-state index is 14.0. The molecular weight excluding hydrogens is 1410 g/mol. The van der Waals surface area contributed by atoms with Gasteiger partial charge in [-0.25, -0.2) is 26.8 Å². The summed E-state index contributed by atoms with van der Waals surface area (Å²) in [6.45, 7) is 16.4. The van der Waals surface area contributed by atoms with E-state index in [9.17, 15) is 40.0 Å². The lowest BCUT2D eigenvalue weighted by Gasteiger charge is -2.35. The number of hydrogen-bond acceptors (Lipinski definition) is 9. The summed E-state index contributed by atoms with van der Waals surface area (Å²) >= 11 is 0. The van der Waals surface area contributed by atoms with Crippen molar-refractivity contribution in [3.8, 4) is 6.07 Å². The lowest BCUT2D eigenvalue weighted by atomic mass is 9.89. The number of nitrogens with one attached hydrogen (secondary N) is 6. The highest BCUT2D eigenvalue weighted by molar-refractivity contribution is 7.88. The third-order valence-corrected chi connectivity index (χ3v) is 25.3. The second kappa shape index (κ2) is 35.6. The first kappa shape index (κ1) is 78.0. The monoisotopic (exact) mass is 1510 g/mol.